The largest absolute Gasteiger partial charge is 0.452 e. The van der Waals surface area contributed by atoms with E-state index in [0.717, 1.165) is 12.5 Å². The number of benzene rings is 2. The van der Waals surface area contributed by atoms with Crippen LogP contribution in [0.3, 0.4) is 0 Å². The summed E-state index contributed by atoms with van der Waals surface area (Å²) in [5, 5.41) is 0. The third kappa shape index (κ3) is 8.31. The Hall–Kier alpha value is -2.88. The molecule has 0 unspecified atom stereocenters. The Morgan fingerprint density at radius 2 is 1.24 bits per heavy atom. The molecule has 0 aliphatic carbocycles. The highest BCUT2D eigenvalue weighted by Crippen LogP contribution is 2.31. The molecule has 0 spiro atoms. The lowest BCUT2D eigenvalue weighted by Crippen LogP contribution is -2.62. The van der Waals surface area contributed by atoms with Gasteiger partial charge >= 0.3 is 11.9 Å². The minimum absolute atomic E-state index is 0.109. The molecule has 1 heterocycles. The molecule has 1 fully saturated rings. The zero-order valence-electron chi connectivity index (χ0n) is 20.1. The Morgan fingerprint density at radius 3 is 1.68 bits per heavy atom. The second-order valence-electron chi connectivity index (χ2n) is 8.00. The minimum Gasteiger partial charge on any atom is -0.452 e. The van der Waals surface area contributed by atoms with Crippen LogP contribution in [0.4, 0.5) is 0 Å². The molecule has 0 aromatic heterocycles. The lowest BCUT2D eigenvalue weighted by molar-refractivity contribution is -0.286. The van der Waals surface area contributed by atoms with E-state index in [1.165, 1.54) is 31.4 Å². The molecule has 2 aromatic rings. The lowest BCUT2D eigenvalue weighted by Gasteiger charge is -2.43. The molecule has 0 radical (unpaired) electrons. The monoisotopic (exact) mass is 558 g/mol. The van der Waals surface area contributed by atoms with Crippen molar-refractivity contribution >= 4 is 32.2 Å². The van der Waals surface area contributed by atoms with E-state index in [1.807, 2.05) is 0 Å². The molecule has 3 rings (SSSR count). The number of esters is 2. The molecule has 0 saturated carbocycles. The summed E-state index contributed by atoms with van der Waals surface area (Å²) >= 11 is 0. The number of ether oxygens (including phenoxy) is 4. The molecule has 0 bridgehead atoms. The number of carbonyl (C=O) groups excluding carboxylic acids is 2. The summed E-state index contributed by atoms with van der Waals surface area (Å²) in [4.78, 5) is 25.8. The van der Waals surface area contributed by atoms with Crippen molar-refractivity contribution in [2.24, 2.45) is 0 Å². The van der Waals surface area contributed by atoms with E-state index in [4.69, 9.17) is 27.3 Å². The third-order valence-corrected chi connectivity index (χ3v) is 6.20. The van der Waals surface area contributed by atoms with Crippen molar-refractivity contribution in [3.05, 3.63) is 71.8 Å². The van der Waals surface area contributed by atoms with E-state index < -0.39 is 69.5 Å². The van der Waals surface area contributed by atoms with Gasteiger partial charge in [-0.2, -0.15) is 16.8 Å². The molecule has 14 heteroatoms. The molecule has 37 heavy (non-hydrogen) atoms. The first kappa shape index (κ1) is 28.7. The quantitative estimate of drug-likeness (QED) is 0.303. The average molecular weight is 559 g/mol. The predicted molar refractivity (Wildman–Crippen MR) is 127 cm³/mol. The van der Waals surface area contributed by atoms with Gasteiger partial charge in [-0.25, -0.2) is 9.59 Å². The van der Waals surface area contributed by atoms with Crippen LogP contribution in [-0.4, -0.2) is 85.7 Å². The van der Waals surface area contributed by atoms with Gasteiger partial charge in [-0.15, -0.1) is 0 Å². The SMILES string of the molecule is CO[C@H]1O[C@H](COS(C)(=O)=O)[C@H](OS(C)(=O)=O)[C@H](OC(=O)c2ccccc2)[C@H]1OC(=O)c1ccccc1. The van der Waals surface area contributed by atoms with Crippen molar-refractivity contribution in [1.82, 2.24) is 0 Å². The van der Waals surface area contributed by atoms with E-state index >= 15 is 0 Å². The maximum atomic E-state index is 13.0. The maximum absolute atomic E-state index is 13.0. The minimum atomic E-state index is -4.23. The fraction of sp³-hybridized carbons (Fsp3) is 0.391. The maximum Gasteiger partial charge on any atom is 0.338 e. The molecule has 0 amide bonds. The smallest absolute Gasteiger partial charge is 0.338 e. The first-order valence-electron chi connectivity index (χ1n) is 10.8. The van der Waals surface area contributed by atoms with E-state index in [0.29, 0.717) is 0 Å². The van der Waals surface area contributed by atoms with Crippen LogP contribution in [0.15, 0.2) is 60.7 Å². The Balaban J connectivity index is 2.03. The number of rotatable bonds is 10. The van der Waals surface area contributed by atoms with Crippen LogP contribution in [0.25, 0.3) is 0 Å². The zero-order chi connectivity index (χ0) is 27.2. The standard InChI is InChI=1S/C23H26O12S2/c1-30-23-20(34-22(25)16-12-8-5-9-13-16)19(33-21(24)15-10-6-4-7-11-15)18(35-37(3,28)29)17(32-23)14-31-36(2,26)27/h4-13,17-20,23H,14H2,1-3H3/t17-,18+,19+,20-,23+/m1/s1. The van der Waals surface area contributed by atoms with Crippen molar-refractivity contribution in [2.75, 3.05) is 26.2 Å². The summed E-state index contributed by atoms with van der Waals surface area (Å²) in [6.07, 6.45) is -6.15. The number of hydrogen-bond donors (Lipinski definition) is 0. The Morgan fingerprint density at radius 1 is 0.757 bits per heavy atom. The van der Waals surface area contributed by atoms with E-state index in [-0.39, 0.29) is 11.1 Å². The second-order valence-corrected chi connectivity index (χ2v) is 11.2. The average Bonchev–Trinajstić information content (AvgIpc) is 2.84. The van der Waals surface area contributed by atoms with Crippen molar-refractivity contribution < 1.29 is 53.7 Å². The summed E-state index contributed by atoms with van der Waals surface area (Å²) in [7, 11) is -7.01. The van der Waals surface area contributed by atoms with E-state index in [9.17, 15) is 26.4 Å². The first-order valence-corrected chi connectivity index (χ1v) is 14.4. The first-order chi connectivity index (χ1) is 17.4. The fourth-order valence-corrected chi connectivity index (χ4v) is 4.52. The highest BCUT2D eigenvalue weighted by Gasteiger charge is 2.53. The number of hydrogen-bond acceptors (Lipinski definition) is 12. The van der Waals surface area contributed by atoms with Crippen molar-refractivity contribution in [2.45, 2.75) is 30.7 Å². The third-order valence-electron chi connectivity index (χ3n) is 5.06. The van der Waals surface area contributed by atoms with Crippen LogP contribution in [0.1, 0.15) is 20.7 Å². The molecular formula is C23H26O12S2. The van der Waals surface area contributed by atoms with Crippen LogP contribution in [0.2, 0.25) is 0 Å². The van der Waals surface area contributed by atoms with Gasteiger partial charge in [-0.05, 0) is 24.3 Å². The Kier molecular flexibility index (Phi) is 9.39. The summed E-state index contributed by atoms with van der Waals surface area (Å²) in [5.74, 6) is -1.74. The van der Waals surface area contributed by atoms with Crippen molar-refractivity contribution in [3.63, 3.8) is 0 Å². The van der Waals surface area contributed by atoms with Crippen LogP contribution in [0.5, 0.6) is 0 Å². The molecule has 202 valence electrons. The van der Waals surface area contributed by atoms with E-state index in [2.05, 4.69) is 0 Å². The lowest BCUT2D eigenvalue weighted by atomic mass is 9.98. The van der Waals surface area contributed by atoms with Crippen LogP contribution in [-0.2, 0) is 47.5 Å². The number of carbonyl (C=O) groups is 2. The molecule has 1 aliphatic heterocycles. The fourth-order valence-electron chi connectivity index (χ4n) is 3.50. The zero-order valence-corrected chi connectivity index (χ0v) is 21.7. The molecule has 1 aliphatic rings. The second kappa shape index (κ2) is 12.1. The topological polar surface area (TPSA) is 158 Å². The van der Waals surface area contributed by atoms with Crippen LogP contribution in [0, 0.1) is 0 Å². The predicted octanol–water partition coefficient (Wildman–Crippen LogP) is 1.13. The van der Waals surface area contributed by atoms with Gasteiger partial charge in [-0.1, -0.05) is 36.4 Å². The molecule has 2 aromatic carbocycles. The van der Waals surface area contributed by atoms with Gasteiger partial charge in [0.25, 0.3) is 20.2 Å². The molecule has 0 N–H and O–H groups in total. The molecule has 5 atom stereocenters. The van der Waals surface area contributed by atoms with Crippen molar-refractivity contribution in [1.29, 1.82) is 0 Å². The summed E-state index contributed by atoms with van der Waals surface area (Å²) in [5.41, 5.74) is 0.256. The highest BCUT2D eigenvalue weighted by atomic mass is 32.2. The normalized spacial score (nSPS) is 24.2. The number of methoxy groups -OCH3 is 1. The molecule has 12 nitrogen and oxygen atoms in total. The van der Waals surface area contributed by atoms with Crippen molar-refractivity contribution in [3.8, 4) is 0 Å². The summed E-state index contributed by atoms with van der Waals surface area (Å²) in [6, 6.07) is 15.6. The Bertz CT molecular complexity index is 1280. The molecular weight excluding hydrogens is 532 g/mol. The van der Waals surface area contributed by atoms with Gasteiger partial charge in [0.05, 0.1) is 30.2 Å². The van der Waals surface area contributed by atoms with E-state index in [1.54, 1.807) is 36.4 Å². The Labute approximate surface area is 214 Å². The summed E-state index contributed by atoms with van der Waals surface area (Å²) < 4.78 is 79.6. The highest BCUT2D eigenvalue weighted by molar-refractivity contribution is 7.86. The summed E-state index contributed by atoms with van der Waals surface area (Å²) in [6.45, 7) is -0.711. The van der Waals surface area contributed by atoms with Crippen LogP contribution >= 0.6 is 0 Å². The molecule has 1 saturated heterocycles. The van der Waals surface area contributed by atoms with Crippen LogP contribution < -0.4 is 0 Å². The van der Waals surface area contributed by atoms with Gasteiger partial charge in [-0.3, -0.25) is 8.37 Å². The van der Waals surface area contributed by atoms with Gasteiger partial charge in [0.2, 0.25) is 0 Å². The van der Waals surface area contributed by atoms with Gasteiger partial charge in [0.1, 0.15) is 12.2 Å². The van der Waals surface area contributed by atoms with Gasteiger partial charge < -0.3 is 18.9 Å². The van der Waals surface area contributed by atoms with Gasteiger partial charge in [0, 0.05) is 7.11 Å². The van der Waals surface area contributed by atoms with Gasteiger partial charge in [0.15, 0.2) is 18.5 Å².